The second-order valence-corrected chi connectivity index (χ2v) is 8.62. The fraction of sp³-hybridized carbons (Fsp3) is 0.333. The molecule has 1 aliphatic rings. The lowest BCUT2D eigenvalue weighted by molar-refractivity contribution is -0.00659. The summed E-state index contributed by atoms with van der Waals surface area (Å²) in [6.07, 6.45) is 1.37. The Morgan fingerprint density at radius 2 is 1.76 bits per heavy atom. The van der Waals surface area contributed by atoms with Crippen LogP contribution in [0.3, 0.4) is 0 Å². The molecule has 4 rings (SSSR count). The first-order valence-corrected chi connectivity index (χ1v) is 9.80. The van der Waals surface area contributed by atoms with E-state index in [1.54, 1.807) is 30.3 Å². The third-order valence-electron chi connectivity index (χ3n) is 6.39. The Hall–Kier alpha value is -2.92. The molecule has 29 heavy (non-hydrogen) atoms. The minimum absolute atomic E-state index is 0.0213. The second kappa shape index (κ2) is 6.85. The van der Waals surface area contributed by atoms with Gasteiger partial charge in [-0.05, 0) is 60.9 Å². The maximum atomic E-state index is 10.7. The van der Waals surface area contributed by atoms with Crippen molar-refractivity contribution in [2.75, 3.05) is 0 Å². The molecule has 2 aromatic carbocycles. The minimum atomic E-state index is -0.450. The number of benzene rings is 2. The normalized spacial score (nSPS) is 21.6. The van der Waals surface area contributed by atoms with Gasteiger partial charge in [0, 0.05) is 22.6 Å². The maximum absolute atomic E-state index is 10.7. The highest BCUT2D eigenvalue weighted by Gasteiger charge is 2.41. The molecule has 1 saturated carbocycles. The summed E-state index contributed by atoms with van der Waals surface area (Å²) in [5.74, 6) is 0.500. The van der Waals surface area contributed by atoms with Crippen LogP contribution < -0.4 is 0 Å². The summed E-state index contributed by atoms with van der Waals surface area (Å²) < 4.78 is 5.77. The molecule has 2 unspecified atom stereocenters. The standard InChI is InChI=1S/C24H26O5/c1-13-4-7-23(28)24(2,3)18(13)12-17-19(26)8-15(9-20(17)27)21-10-14-5-6-16(25)11-22(14)29-21/h5-6,8-11,18,23,25-28H,1,4,7,12H2,2-3H3. The Morgan fingerprint density at radius 1 is 1.07 bits per heavy atom. The van der Waals surface area contributed by atoms with Gasteiger partial charge in [0.15, 0.2) is 0 Å². The fourth-order valence-electron chi connectivity index (χ4n) is 4.39. The average molecular weight is 394 g/mol. The molecule has 152 valence electrons. The number of furan rings is 1. The number of allylic oxidation sites excluding steroid dienone is 1. The van der Waals surface area contributed by atoms with E-state index in [9.17, 15) is 20.4 Å². The Labute approximate surface area is 169 Å². The summed E-state index contributed by atoms with van der Waals surface area (Å²) in [5, 5.41) is 42.2. The molecule has 1 aromatic heterocycles. The second-order valence-electron chi connectivity index (χ2n) is 8.62. The van der Waals surface area contributed by atoms with Crippen molar-refractivity contribution in [2.45, 2.75) is 39.2 Å². The van der Waals surface area contributed by atoms with Gasteiger partial charge < -0.3 is 24.8 Å². The molecule has 1 fully saturated rings. The van der Waals surface area contributed by atoms with E-state index in [4.69, 9.17) is 4.42 Å². The highest BCUT2D eigenvalue weighted by atomic mass is 16.3. The van der Waals surface area contributed by atoms with Crippen molar-refractivity contribution in [1.82, 2.24) is 0 Å². The molecule has 0 saturated heterocycles. The van der Waals surface area contributed by atoms with E-state index in [2.05, 4.69) is 6.58 Å². The molecule has 1 heterocycles. The van der Waals surface area contributed by atoms with Gasteiger partial charge >= 0.3 is 0 Å². The lowest BCUT2D eigenvalue weighted by atomic mass is 9.63. The molecular formula is C24H26O5. The molecule has 0 spiro atoms. The number of phenols is 3. The monoisotopic (exact) mass is 394 g/mol. The number of hydrogen-bond donors (Lipinski definition) is 4. The Kier molecular flexibility index (Phi) is 4.58. The quantitative estimate of drug-likeness (QED) is 0.463. The summed E-state index contributed by atoms with van der Waals surface area (Å²) in [7, 11) is 0. The van der Waals surface area contributed by atoms with Crippen LogP contribution in [0.5, 0.6) is 17.2 Å². The lowest BCUT2D eigenvalue weighted by Gasteiger charge is -2.44. The van der Waals surface area contributed by atoms with Gasteiger partial charge in [-0.1, -0.05) is 26.0 Å². The summed E-state index contributed by atoms with van der Waals surface area (Å²) in [5.41, 5.74) is 2.14. The molecule has 4 N–H and O–H groups in total. The van der Waals surface area contributed by atoms with Crippen molar-refractivity contribution in [2.24, 2.45) is 11.3 Å². The van der Waals surface area contributed by atoms with Crippen LogP contribution in [0.15, 0.2) is 53.0 Å². The molecule has 1 aliphatic carbocycles. The maximum Gasteiger partial charge on any atom is 0.138 e. The number of fused-ring (bicyclic) bond motifs is 1. The lowest BCUT2D eigenvalue weighted by Crippen LogP contribution is -2.42. The molecular weight excluding hydrogens is 368 g/mol. The van der Waals surface area contributed by atoms with Crippen molar-refractivity contribution in [3.8, 4) is 28.6 Å². The Balaban J connectivity index is 1.69. The minimum Gasteiger partial charge on any atom is -0.508 e. The van der Waals surface area contributed by atoms with Crippen molar-refractivity contribution in [1.29, 1.82) is 0 Å². The highest BCUT2D eigenvalue weighted by Crippen LogP contribution is 2.47. The van der Waals surface area contributed by atoms with Crippen LogP contribution in [0, 0.1) is 11.3 Å². The van der Waals surface area contributed by atoms with E-state index in [0.29, 0.717) is 35.3 Å². The Bertz CT molecular complexity index is 1070. The van der Waals surface area contributed by atoms with Gasteiger partial charge in [-0.25, -0.2) is 0 Å². The SMILES string of the molecule is C=C1CCC(O)C(C)(C)C1Cc1c(O)cc(-c2cc3ccc(O)cc3o2)cc1O. The molecule has 0 aliphatic heterocycles. The van der Waals surface area contributed by atoms with E-state index in [1.807, 2.05) is 13.8 Å². The number of hydrogen-bond acceptors (Lipinski definition) is 5. The number of rotatable bonds is 3. The summed E-state index contributed by atoms with van der Waals surface area (Å²) in [6, 6.07) is 9.78. The zero-order chi connectivity index (χ0) is 20.9. The molecule has 3 aromatic rings. The van der Waals surface area contributed by atoms with Gasteiger partial charge in [-0.2, -0.15) is 0 Å². The molecule has 2 atom stereocenters. The smallest absolute Gasteiger partial charge is 0.138 e. The van der Waals surface area contributed by atoms with Crippen LogP contribution in [0.2, 0.25) is 0 Å². The van der Waals surface area contributed by atoms with Gasteiger partial charge in [-0.3, -0.25) is 0 Å². The zero-order valence-electron chi connectivity index (χ0n) is 16.6. The zero-order valence-corrected chi connectivity index (χ0v) is 16.6. The average Bonchev–Trinajstić information content (AvgIpc) is 3.07. The highest BCUT2D eigenvalue weighted by molar-refractivity contribution is 5.84. The van der Waals surface area contributed by atoms with Crippen molar-refractivity contribution >= 4 is 11.0 Å². The van der Waals surface area contributed by atoms with Crippen LogP contribution in [0.4, 0.5) is 0 Å². The van der Waals surface area contributed by atoms with Crippen LogP contribution >= 0.6 is 0 Å². The van der Waals surface area contributed by atoms with E-state index in [0.717, 1.165) is 17.4 Å². The van der Waals surface area contributed by atoms with Crippen LogP contribution in [-0.4, -0.2) is 26.5 Å². The molecule has 0 bridgehead atoms. The van der Waals surface area contributed by atoms with Gasteiger partial charge in [-0.15, -0.1) is 0 Å². The van der Waals surface area contributed by atoms with Gasteiger partial charge in [0.1, 0.15) is 28.6 Å². The molecule has 5 heteroatoms. The number of aromatic hydroxyl groups is 3. The molecule has 0 radical (unpaired) electrons. The predicted octanol–water partition coefficient (Wildman–Crippen LogP) is 5.11. The summed E-state index contributed by atoms with van der Waals surface area (Å²) >= 11 is 0. The number of phenolic OH excluding ortho intramolecular Hbond substituents is 3. The van der Waals surface area contributed by atoms with Gasteiger partial charge in [0.2, 0.25) is 0 Å². The van der Waals surface area contributed by atoms with E-state index in [-0.39, 0.29) is 23.2 Å². The van der Waals surface area contributed by atoms with E-state index >= 15 is 0 Å². The first-order valence-electron chi connectivity index (χ1n) is 9.80. The third kappa shape index (κ3) is 3.36. The molecule has 5 nitrogen and oxygen atoms in total. The van der Waals surface area contributed by atoms with Gasteiger partial charge in [0.25, 0.3) is 0 Å². The number of aliphatic hydroxyl groups is 1. The third-order valence-corrected chi connectivity index (χ3v) is 6.39. The van der Waals surface area contributed by atoms with Crippen molar-refractivity contribution < 1.29 is 24.8 Å². The Morgan fingerprint density at radius 3 is 2.45 bits per heavy atom. The van der Waals surface area contributed by atoms with Crippen molar-refractivity contribution in [3.05, 3.63) is 54.1 Å². The fourth-order valence-corrected chi connectivity index (χ4v) is 4.39. The van der Waals surface area contributed by atoms with Crippen molar-refractivity contribution in [3.63, 3.8) is 0 Å². The number of aliphatic hydroxyl groups excluding tert-OH is 1. The van der Waals surface area contributed by atoms with E-state index in [1.165, 1.54) is 6.07 Å². The molecule has 0 amide bonds. The van der Waals surface area contributed by atoms with Crippen LogP contribution in [0.1, 0.15) is 32.3 Å². The predicted molar refractivity (Wildman–Crippen MR) is 112 cm³/mol. The topological polar surface area (TPSA) is 94.1 Å². The van der Waals surface area contributed by atoms with Crippen LogP contribution in [-0.2, 0) is 6.42 Å². The first-order chi connectivity index (χ1) is 13.7. The summed E-state index contributed by atoms with van der Waals surface area (Å²) in [4.78, 5) is 0. The largest absolute Gasteiger partial charge is 0.508 e. The summed E-state index contributed by atoms with van der Waals surface area (Å²) in [6.45, 7) is 8.17. The first kappa shape index (κ1) is 19.4. The van der Waals surface area contributed by atoms with Crippen LogP contribution in [0.25, 0.3) is 22.3 Å². The van der Waals surface area contributed by atoms with E-state index < -0.39 is 11.5 Å². The van der Waals surface area contributed by atoms with Gasteiger partial charge in [0.05, 0.1) is 6.10 Å².